The maximum absolute atomic E-state index is 12.8. The third-order valence-corrected chi connectivity index (χ3v) is 11.2. The van der Waals surface area contributed by atoms with Crippen LogP contribution in [0.2, 0.25) is 0 Å². The zero-order chi connectivity index (χ0) is 48.6. The van der Waals surface area contributed by atoms with Crippen molar-refractivity contribution >= 4 is 17.9 Å². The topological polar surface area (TPSA) is 78.9 Å². The molecular weight excluding hydrogens is 829 g/mol. The fourth-order valence-corrected chi connectivity index (χ4v) is 7.07. The van der Waals surface area contributed by atoms with Crippen LogP contribution in [-0.2, 0) is 28.6 Å². The predicted molar refractivity (Wildman–Crippen MR) is 288 cm³/mol. The number of rotatable bonds is 48. The average Bonchev–Trinajstić information content (AvgIpc) is 3.33. The Morgan fingerprint density at radius 1 is 0.299 bits per heavy atom. The van der Waals surface area contributed by atoms with Crippen molar-refractivity contribution in [2.45, 2.75) is 245 Å². The number of hydrogen-bond acceptors (Lipinski definition) is 6. The largest absolute Gasteiger partial charge is 0.462 e. The number of esters is 3. The van der Waals surface area contributed by atoms with E-state index in [4.69, 9.17) is 14.2 Å². The summed E-state index contributed by atoms with van der Waals surface area (Å²) in [6, 6.07) is 0. The third kappa shape index (κ3) is 52.9. The van der Waals surface area contributed by atoms with Gasteiger partial charge >= 0.3 is 17.9 Å². The number of allylic oxidation sites excluding steroid dienone is 18. The van der Waals surface area contributed by atoms with Gasteiger partial charge in [0, 0.05) is 19.3 Å². The molecule has 0 fully saturated rings. The summed E-state index contributed by atoms with van der Waals surface area (Å²) in [5, 5.41) is 0. The van der Waals surface area contributed by atoms with Gasteiger partial charge in [-0.25, -0.2) is 0 Å². The van der Waals surface area contributed by atoms with Crippen molar-refractivity contribution in [2.75, 3.05) is 13.2 Å². The van der Waals surface area contributed by atoms with Crippen molar-refractivity contribution in [3.05, 3.63) is 109 Å². The molecular formula is C61H100O6. The van der Waals surface area contributed by atoms with E-state index < -0.39 is 6.10 Å². The van der Waals surface area contributed by atoms with Crippen molar-refractivity contribution in [3.63, 3.8) is 0 Å². The monoisotopic (exact) mass is 929 g/mol. The Labute approximate surface area is 412 Å². The van der Waals surface area contributed by atoms with E-state index in [1.54, 1.807) is 0 Å². The van der Waals surface area contributed by atoms with Gasteiger partial charge in [-0.2, -0.15) is 0 Å². The zero-order valence-electron chi connectivity index (χ0n) is 43.4. The van der Waals surface area contributed by atoms with Crippen molar-refractivity contribution in [1.82, 2.24) is 0 Å². The fraction of sp³-hybridized carbons (Fsp3) is 0.656. The Morgan fingerprint density at radius 3 is 0.925 bits per heavy atom. The maximum Gasteiger partial charge on any atom is 0.306 e. The van der Waals surface area contributed by atoms with Gasteiger partial charge in [0.15, 0.2) is 6.10 Å². The van der Waals surface area contributed by atoms with Crippen LogP contribution in [0.5, 0.6) is 0 Å². The van der Waals surface area contributed by atoms with Crippen molar-refractivity contribution < 1.29 is 28.6 Å². The van der Waals surface area contributed by atoms with E-state index in [1.807, 2.05) is 0 Å². The molecule has 0 aliphatic heterocycles. The Hall–Kier alpha value is -3.93. The molecule has 6 heteroatoms. The summed E-state index contributed by atoms with van der Waals surface area (Å²) < 4.78 is 16.7. The van der Waals surface area contributed by atoms with Gasteiger partial charge in [-0.05, 0) is 122 Å². The normalized spacial score (nSPS) is 12.9. The van der Waals surface area contributed by atoms with E-state index in [9.17, 15) is 14.4 Å². The predicted octanol–water partition coefficient (Wildman–Crippen LogP) is 18.3. The first-order valence-electron chi connectivity index (χ1n) is 27.4. The molecule has 380 valence electrons. The summed E-state index contributed by atoms with van der Waals surface area (Å²) in [5.41, 5.74) is 0. The highest BCUT2D eigenvalue weighted by molar-refractivity contribution is 5.71. The number of unbranched alkanes of at least 4 members (excludes halogenated alkanes) is 19. The van der Waals surface area contributed by atoms with Gasteiger partial charge in [0.1, 0.15) is 13.2 Å². The number of carbonyl (C=O) groups is 3. The molecule has 0 N–H and O–H groups in total. The summed E-state index contributed by atoms with van der Waals surface area (Å²) in [6.07, 6.45) is 73.6. The summed E-state index contributed by atoms with van der Waals surface area (Å²) in [7, 11) is 0. The van der Waals surface area contributed by atoms with Gasteiger partial charge in [0.25, 0.3) is 0 Å². The van der Waals surface area contributed by atoms with Crippen LogP contribution >= 0.6 is 0 Å². The first kappa shape index (κ1) is 63.1. The van der Waals surface area contributed by atoms with Gasteiger partial charge in [-0.15, -0.1) is 0 Å². The van der Waals surface area contributed by atoms with E-state index in [0.29, 0.717) is 19.3 Å². The van der Waals surface area contributed by atoms with E-state index in [2.05, 4.69) is 130 Å². The second-order valence-corrected chi connectivity index (χ2v) is 17.8. The number of carbonyl (C=O) groups excluding carboxylic acids is 3. The second kappa shape index (κ2) is 54.7. The lowest BCUT2D eigenvalue weighted by atomic mass is 10.1. The summed E-state index contributed by atoms with van der Waals surface area (Å²) in [5.74, 6) is -1.04. The minimum Gasteiger partial charge on any atom is -0.462 e. The second-order valence-electron chi connectivity index (χ2n) is 17.8. The maximum atomic E-state index is 12.8. The molecule has 67 heavy (non-hydrogen) atoms. The molecule has 0 atom stereocenters. The molecule has 0 rings (SSSR count). The van der Waals surface area contributed by atoms with Crippen molar-refractivity contribution in [2.24, 2.45) is 0 Å². The lowest BCUT2D eigenvalue weighted by Crippen LogP contribution is -2.30. The molecule has 6 nitrogen and oxygen atoms in total. The lowest BCUT2D eigenvalue weighted by molar-refractivity contribution is -0.167. The molecule has 0 spiro atoms. The fourth-order valence-electron chi connectivity index (χ4n) is 7.07. The molecule has 0 aliphatic rings. The Bertz CT molecular complexity index is 1310. The number of hydrogen-bond donors (Lipinski definition) is 0. The van der Waals surface area contributed by atoms with Crippen LogP contribution < -0.4 is 0 Å². The smallest absolute Gasteiger partial charge is 0.306 e. The molecule has 0 aliphatic carbocycles. The Kier molecular flexibility index (Phi) is 51.5. The van der Waals surface area contributed by atoms with Crippen LogP contribution in [0.1, 0.15) is 239 Å². The van der Waals surface area contributed by atoms with Crippen LogP contribution in [-0.4, -0.2) is 37.2 Å². The molecule has 0 aromatic rings. The van der Waals surface area contributed by atoms with E-state index in [1.165, 1.54) is 116 Å². The van der Waals surface area contributed by atoms with E-state index in [-0.39, 0.29) is 44.0 Å². The minimum absolute atomic E-state index is 0.127. The van der Waals surface area contributed by atoms with Crippen LogP contribution in [0.4, 0.5) is 0 Å². The molecule has 0 radical (unpaired) electrons. The first-order chi connectivity index (χ1) is 33.0. The Morgan fingerprint density at radius 2 is 0.552 bits per heavy atom. The molecule has 0 bridgehead atoms. The summed E-state index contributed by atoms with van der Waals surface area (Å²) in [4.78, 5) is 38.0. The van der Waals surface area contributed by atoms with Crippen molar-refractivity contribution in [1.29, 1.82) is 0 Å². The third-order valence-electron chi connectivity index (χ3n) is 11.2. The highest BCUT2D eigenvalue weighted by Crippen LogP contribution is 2.13. The van der Waals surface area contributed by atoms with Crippen LogP contribution in [0.15, 0.2) is 109 Å². The molecule has 0 unspecified atom stereocenters. The van der Waals surface area contributed by atoms with Gasteiger partial charge in [0.2, 0.25) is 0 Å². The van der Waals surface area contributed by atoms with Crippen LogP contribution in [0.3, 0.4) is 0 Å². The molecule has 0 saturated carbocycles. The molecule has 0 aromatic carbocycles. The molecule has 0 heterocycles. The van der Waals surface area contributed by atoms with Crippen LogP contribution in [0, 0.1) is 0 Å². The minimum atomic E-state index is -0.826. The molecule has 0 saturated heterocycles. The van der Waals surface area contributed by atoms with Gasteiger partial charge in [-0.3, -0.25) is 14.4 Å². The number of ether oxygens (including phenoxy) is 3. The zero-order valence-corrected chi connectivity index (χ0v) is 43.4. The van der Waals surface area contributed by atoms with E-state index >= 15 is 0 Å². The summed E-state index contributed by atoms with van der Waals surface area (Å²) in [6.45, 7) is 6.46. The molecule has 0 amide bonds. The van der Waals surface area contributed by atoms with Crippen molar-refractivity contribution in [3.8, 4) is 0 Å². The standard InChI is InChI=1S/C61H100O6/c1-4-7-10-13-16-19-22-25-28-30-33-35-38-41-44-47-50-53-59(62)65-56-58(67-61(64)55-52-49-46-43-40-37-32-27-24-21-18-15-12-9-6-3)57-66-60(63)54-51-48-45-42-39-36-34-31-29-26-23-20-17-14-11-8-5-2/h16-17,19-21,24-26,28-29,33-36,41-42,44-45,58H,4-15,18,22-23,27,30-32,37-40,43,46-57H2,1-3H3. The van der Waals surface area contributed by atoms with Gasteiger partial charge < -0.3 is 14.2 Å². The molecule has 0 aromatic heterocycles. The Balaban J connectivity index is 4.58. The lowest BCUT2D eigenvalue weighted by Gasteiger charge is -2.18. The van der Waals surface area contributed by atoms with Gasteiger partial charge in [-0.1, -0.05) is 207 Å². The van der Waals surface area contributed by atoms with Crippen LogP contribution in [0.25, 0.3) is 0 Å². The quantitative estimate of drug-likeness (QED) is 0.0262. The van der Waals surface area contributed by atoms with Gasteiger partial charge in [0.05, 0.1) is 0 Å². The first-order valence-corrected chi connectivity index (χ1v) is 27.4. The summed E-state index contributed by atoms with van der Waals surface area (Å²) >= 11 is 0. The van der Waals surface area contributed by atoms with E-state index in [0.717, 1.165) is 70.6 Å². The highest BCUT2D eigenvalue weighted by Gasteiger charge is 2.19. The SMILES string of the molecule is CCCCCC=CCC=CCC=CCC=CCCCC(=O)OCC(COC(=O)CCCC=CCC=CCC=CCC=CCCCCC)OC(=O)CCCCCCCCCC=CCCCCCC. The average molecular weight is 929 g/mol. The highest BCUT2D eigenvalue weighted by atomic mass is 16.6.